The molecule has 1 heterocycles. The second-order valence-electron chi connectivity index (χ2n) is 2.29. The van der Waals surface area contributed by atoms with Gasteiger partial charge in [-0.2, -0.15) is 0 Å². The Labute approximate surface area is 65.2 Å². The molecule has 0 amide bonds. The van der Waals surface area contributed by atoms with Crippen LogP contribution < -0.4 is 0 Å². The molecule has 0 saturated carbocycles. The molecule has 62 valence electrons. The maximum Gasteiger partial charge on any atom is 0.334 e. The van der Waals surface area contributed by atoms with Gasteiger partial charge in [-0.1, -0.05) is 0 Å². The highest BCUT2D eigenvalue weighted by molar-refractivity contribution is 5.79. The van der Waals surface area contributed by atoms with Crippen molar-refractivity contribution >= 4 is 12.4 Å². The molecule has 0 aromatic rings. The Morgan fingerprint density at radius 1 is 1.82 bits per heavy atom. The van der Waals surface area contributed by atoms with E-state index < -0.39 is 6.04 Å². The van der Waals surface area contributed by atoms with Gasteiger partial charge in [-0.05, 0) is 13.8 Å². The summed E-state index contributed by atoms with van der Waals surface area (Å²) in [5.74, 6) is -0.311. The number of carbonyl (C=O) groups excluding carboxylic acids is 1. The van der Waals surface area contributed by atoms with Gasteiger partial charge < -0.3 is 9.47 Å². The molecule has 0 aromatic carbocycles. The second-order valence-corrected chi connectivity index (χ2v) is 2.29. The van der Waals surface area contributed by atoms with Gasteiger partial charge in [0.1, 0.15) is 6.10 Å². The van der Waals surface area contributed by atoms with Crippen molar-refractivity contribution < 1.29 is 14.3 Å². The van der Waals surface area contributed by atoms with Crippen molar-refractivity contribution in [3.63, 3.8) is 0 Å². The summed E-state index contributed by atoms with van der Waals surface area (Å²) in [7, 11) is 0. The predicted octanol–water partition coefficient (Wildman–Crippen LogP) is 0.365. The first kappa shape index (κ1) is 8.04. The Kier molecular flexibility index (Phi) is 2.46. The average molecular weight is 157 g/mol. The number of aliphatic imine (C=N–C) groups is 1. The molecule has 1 rings (SSSR count). The SMILES string of the molecule is CCOC(=O)C1N=COC1C. The molecule has 0 bridgehead atoms. The van der Waals surface area contributed by atoms with E-state index in [1.54, 1.807) is 13.8 Å². The van der Waals surface area contributed by atoms with Crippen LogP contribution in [0.25, 0.3) is 0 Å². The van der Waals surface area contributed by atoms with E-state index in [9.17, 15) is 4.79 Å². The van der Waals surface area contributed by atoms with Crippen molar-refractivity contribution in [3.8, 4) is 0 Å². The lowest BCUT2D eigenvalue weighted by Crippen LogP contribution is -2.29. The predicted molar refractivity (Wildman–Crippen MR) is 39.5 cm³/mol. The molecule has 0 aliphatic carbocycles. The molecule has 0 radical (unpaired) electrons. The van der Waals surface area contributed by atoms with E-state index in [0.29, 0.717) is 6.61 Å². The lowest BCUT2D eigenvalue weighted by molar-refractivity contribution is -0.145. The summed E-state index contributed by atoms with van der Waals surface area (Å²) in [6.07, 6.45) is 1.11. The molecule has 0 saturated heterocycles. The Morgan fingerprint density at radius 3 is 3.00 bits per heavy atom. The normalized spacial score (nSPS) is 28.2. The summed E-state index contributed by atoms with van der Waals surface area (Å²) >= 11 is 0. The summed E-state index contributed by atoms with van der Waals surface area (Å²) in [6.45, 7) is 3.94. The molecule has 4 heteroatoms. The van der Waals surface area contributed by atoms with Crippen LogP contribution in [0.3, 0.4) is 0 Å². The Balaban J connectivity index is 2.46. The molecule has 0 N–H and O–H groups in total. The van der Waals surface area contributed by atoms with E-state index in [2.05, 4.69) is 4.99 Å². The summed E-state index contributed by atoms with van der Waals surface area (Å²) in [5.41, 5.74) is 0. The van der Waals surface area contributed by atoms with E-state index in [4.69, 9.17) is 9.47 Å². The van der Waals surface area contributed by atoms with Gasteiger partial charge >= 0.3 is 5.97 Å². The van der Waals surface area contributed by atoms with Crippen molar-refractivity contribution in [2.75, 3.05) is 6.61 Å². The van der Waals surface area contributed by atoms with Crippen molar-refractivity contribution in [2.45, 2.75) is 26.0 Å². The van der Waals surface area contributed by atoms with Crippen molar-refractivity contribution in [1.29, 1.82) is 0 Å². The van der Waals surface area contributed by atoms with Crippen LogP contribution in [-0.4, -0.2) is 31.1 Å². The van der Waals surface area contributed by atoms with E-state index in [1.807, 2.05) is 0 Å². The maximum absolute atomic E-state index is 11.0. The lowest BCUT2D eigenvalue weighted by atomic mass is 10.2. The van der Waals surface area contributed by atoms with Crippen LogP contribution in [0, 0.1) is 0 Å². The number of hydrogen-bond acceptors (Lipinski definition) is 4. The van der Waals surface area contributed by atoms with Crippen LogP contribution in [0.2, 0.25) is 0 Å². The van der Waals surface area contributed by atoms with Crippen LogP contribution >= 0.6 is 0 Å². The minimum atomic E-state index is -0.463. The summed E-state index contributed by atoms with van der Waals surface area (Å²) in [6, 6.07) is -0.463. The lowest BCUT2D eigenvalue weighted by Gasteiger charge is -2.10. The fourth-order valence-electron chi connectivity index (χ4n) is 0.872. The Morgan fingerprint density at radius 2 is 2.55 bits per heavy atom. The summed E-state index contributed by atoms with van der Waals surface area (Å²) in [5, 5.41) is 0. The molecule has 0 aromatic heterocycles. The Bertz CT molecular complexity index is 179. The topological polar surface area (TPSA) is 47.9 Å². The average Bonchev–Trinajstić information content (AvgIpc) is 2.36. The van der Waals surface area contributed by atoms with E-state index in [1.165, 1.54) is 6.40 Å². The first-order chi connectivity index (χ1) is 5.25. The van der Waals surface area contributed by atoms with Crippen LogP contribution in [0.15, 0.2) is 4.99 Å². The molecule has 1 aliphatic heterocycles. The zero-order valence-electron chi connectivity index (χ0n) is 6.61. The highest BCUT2D eigenvalue weighted by Crippen LogP contribution is 2.10. The number of esters is 1. The van der Waals surface area contributed by atoms with Gasteiger partial charge in [-0.15, -0.1) is 0 Å². The number of nitrogens with zero attached hydrogens (tertiary/aromatic N) is 1. The number of rotatable bonds is 2. The van der Waals surface area contributed by atoms with Crippen LogP contribution in [0.4, 0.5) is 0 Å². The molecular formula is C7H11NO3. The monoisotopic (exact) mass is 157 g/mol. The van der Waals surface area contributed by atoms with E-state index in [0.717, 1.165) is 0 Å². The third kappa shape index (κ3) is 1.69. The van der Waals surface area contributed by atoms with Crippen LogP contribution in [0.1, 0.15) is 13.8 Å². The summed E-state index contributed by atoms with van der Waals surface area (Å²) in [4.78, 5) is 14.9. The fraction of sp³-hybridized carbons (Fsp3) is 0.714. The van der Waals surface area contributed by atoms with Crippen molar-refractivity contribution in [3.05, 3.63) is 0 Å². The summed E-state index contributed by atoms with van der Waals surface area (Å²) < 4.78 is 9.70. The highest BCUT2D eigenvalue weighted by Gasteiger charge is 2.29. The molecule has 0 fully saturated rings. The maximum atomic E-state index is 11.0. The van der Waals surface area contributed by atoms with Gasteiger partial charge in [0.2, 0.25) is 0 Å². The minimum Gasteiger partial charge on any atom is -0.478 e. The zero-order chi connectivity index (χ0) is 8.27. The quantitative estimate of drug-likeness (QED) is 0.544. The van der Waals surface area contributed by atoms with Crippen molar-refractivity contribution in [1.82, 2.24) is 0 Å². The first-order valence-corrected chi connectivity index (χ1v) is 3.59. The number of hydrogen-bond donors (Lipinski definition) is 0. The molecule has 1 aliphatic rings. The second kappa shape index (κ2) is 3.37. The van der Waals surface area contributed by atoms with Crippen LogP contribution in [0.5, 0.6) is 0 Å². The fourth-order valence-corrected chi connectivity index (χ4v) is 0.872. The van der Waals surface area contributed by atoms with Crippen LogP contribution in [-0.2, 0) is 14.3 Å². The molecule has 2 atom stereocenters. The molecule has 4 nitrogen and oxygen atoms in total. The van der Waals surface area contributed by atoms with Gasteiger partial charge in [-0.3, -0.25) is 0 Å². The minimum absolute atomic E-state index is 0.186. The van der Waals surface area contributed by atoms with Gasteiger partial charge in [-0.25, -0.2) is 9.79 Å². The zero-order valence-corrected chi connectivity index (χ0v) is 6.61. The molecular weight excluding hydrogens is 146 g/mol. The van der Waals surface area contributed by atoms with E-state index in [-0.39, 0.29) is 12.1 Å². The largest absolute Gasteiger partial charge is 0.478 e. The first-order valence-electron chi connectivity index (χ1n) is 3.59. The number of ether oxygens (including phenoxy) is 2. The third-order valence-corrected chi connectivity index (χ3v) is 1.47. The number of carbonyl (C=O) groups is 1. The van der Waals surface area contributed by atoms with Gasteiger partial charge in [0.15, 0.2) is 12.4 Å². The van der Waals surface area contributed by atoms with Gasteiger partial charge in [0.05, 0.1) is 6.61 Å². The van der Waals surface area contributed by atoms with E-state index >= 15 is 0 Å². The standard InChI is InChI=1S/C7H11NO3/c1-3-10-7(9)6-5(2)11-4-8-6/h4-6H,3H2,1-2H3. The smallest absolute Gasteiger partial charge is 0.334 e. The van der Waals surface area contributed by atoms with Gasteiger partial charge in [0, 0.05) is 0 Å². The molecule has 11 heavy (non-hydrogen) atoms. The third-order valence-electron chi connectivity index (χ3n) is 1.47. The van der Waals surface area contributed by atoms with Crippen molar-refractivity contribution in [2.24, 2.45) is 4.99 Å². The molecule has 2 unspecified atom stereocenters. The molecule has 0 spiro atoms. The van der Waals surface area contributed by atoms with Gasteiger partial charge in [0.25, 0.3) is 0 Å². The highest BCUT2D eigenvalue weighted by atomic mass is 16.5. The Hall–Kier alpha value is -1.06.